The van der Waals surface area contributed by atoms with Crippen molar-refractivity contribution in [1.82, 2.24) is 10.2 Å². The van der Waals surface area contributed by atoms with Crippen LogP contribution in [0.3, 0.4) is 0 Å². The third kappa shape index (κ3) is 6.23. The molecule has 176 valence electrons. The lowest BCUT2D eigenvalue weighted by Crippen LogP contribution is -2.36. The second-order valence-electron chi connectivity index (χ2n) is 8.52. The van der Waals surface area contributed by atoms with Crippen molar-refractivity contribution in [2.24, 2.45) is 0 Å². The Labute approximate surface area is 201 Å². The van der Waals surface area contributed by atoms with Crippen molar-refractivity contribution >= 4 is 17.5 Å². The minimum absolute atomic E-state index is 0.0283. The van der Waals surface area contributed by atoms with Gasteiger partial charge in [0.25, 0.3) is 5.91 Å². The summed E-state index contributed by atoms with van der Waals surface area (Å²) in [5.41, 5.74) is 3.72. The summed E-state index contributed by atoms with van der Waals surface area (Å²) in [6.07, 6.45) is 0.185. The summed E-state index contributed by atoms with van der Waals surface area (Å²) in [5.74, 6) is -0.219. The molecule has 0 radical (unpaired) electrons. The number of morpholine rings is 1. The maximum Gasteiger partial charge on any atom is 0.251 e. The van der Waals surface area contributed by atoms with Gasteiger partial charge in [0.15, 0.2) is 0 Å². The Bertz CT molecular complexity index is 1070. The monoisotopic (exact) mass is 457 g/mol. The van der Waals surface area contributed by atoms with Crippen LogP contribution in [-0.2, 0) is 16.1 Å². The smallest absolute Gasteiger partial charge is 0.251 e. The van der Waals surface area contributed by atoms with Gasteiger partial charge in [-0.2, -0.15) is 0 Å². The minimum atomic E-state index is -0.410. The number of anilines is 1. The summed E-state index contributed by atoms with van der Waals surface area (Å²) < 4.78 is 5.42. The molecule has 34 heavy (non-hydrogen) atoms. The highest BCUT2D eigenvalue weighted by Crippen LogP contribution is 2.21. The summed E-state index contributed by atoms with van der Waals surface area (Å²) in [7, 11) is 1.80. The summed E-state index contributed by atoms with van der Waals surface area (Å²) >= 11 is 0. The van der Waals surface area contributed by atoms with Gasteiger partial charge in [0.1, 0.15) is 0 Å². The summed E-state index contributed by atoms with van der Waals surface area (Å²) in [5, 5.41) is 3.04. The van der Waals surface area contributed by atoms with Gasteiger partial charge < -0.3 is 19.9 Å². The summed E-state index contributed by atoms with van der Waals surface area (Å²) in [6.45, 7) is 3.81. The van der Waals surface area contributed by atoms with Crippen molar-refractivity contribution in [3.63, 3.8) is 0 Å². The van der Waals surface area contributed by atoms with E-state index in [2.05, 4.69) is 34.5 Å². The van der Waals surface area contributed by atoms with Gasteiger partial charge in [0.2, 0.25) is 5.91 Å². The molecule has 1 fully saturated rings. The van der Waals surface area contributed by atoms with E-state index in [1.165, 1.54) is 5.69 Å². The quantitative estimate of drug-likeness (QED) is 0.555. The Kier molecular flexibility index (Phi) is 7.94. The Hall–Kier alpha value is -3.64. The van der Waals surface area contributed by atoms with Crippen LogP contribution in [0.15, 0.2) is 84.9 Å². The molecule has 0 bridgehead atoms. The normalized spacial score (nSPS) is 14.3. The molecule has 1 aliphatic heterocycles. The molecule has 4 rings (SSSR count). The average Bonchev–Trinajstić information content (AvgIpc) is 2.90. The molecule has 6 nitrogen and oxygen atoms in total. The van der Waals surface area contributed by atoms with Gasteiger partial charge >= 0.3 is 0 Å². The van der Waals surface area contributed by atoms with Crippen LogP contribution in [0.4, 0.5) is 5.69 Å². The zero-order valence-electron chi connectivity index (χ0n) is 19.5. The highest BCUT2D eigenvalue weighted by atomic mass is 16.5. The number of nitrogens with zero attached hydrogens (tertiary/aromatic N) is 2. The maximum atomic E-state index is 13.1. The number of carbonyl (C=O) groups excluding carboxylic acids is 2. The molecular formula is C28H31N3O3. The minimum Gasteiger partial charge on any atom is -0.378 e. The van der Waals surface area contributed by atoms with Gasteiger partial charge in [-0.25, -0.2) is 0 Å². The number of carbonyl (C=O) groups is 2. The molecule has 3 aromatic rings. The van der Waals surface area contributed by atoms with E-state index in [-0.39, 0.29) is 18.2 Å². The van der Waals surface area contributed by atoms with E-state index in [1.54, 1.807) is 24.1 Å². The molecule has 0 saturated carbocycles. The molecule has 2 amide bonds. The van der Waals surface area contributed by atoms with Crippen LogP contribution in [0, 0.1) is 0 Å². The number of nitrogens with one attached hydrogen (secondary N) is 1. The first-order valence-corrected chi connectivity index (χ1v) is 11.7. The van der Waals surface area contributed by atoms with E-state index in [0.717, 1.165) is 37.4 Å². The van der Waals surface area contributed by atoms with Crippen molar-refractivity contribution in [2.45, 2.75) is 19.0 Å². The maximum absolute atomic E-state index is 13.1. The van der Waals surface area contributed by atoms with Crippen LogP contribution in [0.1, 0.15) is 33.9 Å². The van der Waals surface area contributed by atoms with Crippen molar-refractivity contribution in [3.05, 3.63) is 102 Å². The molecule has 6 heteroatoms. The van der Waals surface area contributed by atoms with Gasteiger partial charge in [-0.3, -0.25) is 9.59 Å². The van der Waals surface area contributed by atoms with E-state index in [1.807, 2.05) is 48.5 Å². The van der Waals surface area contributed by atoms with Gasteiger partial charge in [-0.1, -0.05) is 60.7 Å². The van der Waals surface area contributed by atoms with Crippen LogP contribution in [-0.4, -0.2) is 50.1 Å². The first-order valence-electron chi connectivity index (χ1n) is 11.7. The number of rotatable bonds is 8. The third-order valence-corrected chi connectivity index (χ3v) is 6.08. The molecule has 1 unspecified atom stereocenters. The average molecular weight is 458 g/mol. The van der Waals surface area contributed by atoms with Crippen LogP contribution < -0.4 is 10.2 Å². The summed E-state index contributed by atoms with van der Waals surface area (Å²) in [6, 6.07) is 26.6. The molecule has 1 aliphatic rings. The van der Waals surface area contributed by atoms with Gasteiger partial charge in [-0.05, 0) is 35.4 Å². The number of amides is 2. The molecule has 0 spiro atoms. The number of hydrogen-bond donors (Lipinski definition) is 1. The highest BCUT2D eigenvalue weighted by molar-refractivity contribution is 5.94. The Balaban J connectivity index is 1.39. The van der Waals surface area contributed by atoms with Crippen molar-refractivity contribution in [3.8, 4) is 0 Å². The second kappa shape index (κ2) is 11.5. The third-order valence-electron chi connectivity index (χ3n) is 6.08. The van der Waals surface area contributed by atoms with Crippen molar-refractivity contribution in [1.29, 1.82) is 0 Å². The van der Waals surface area contributed by atoms with Crippen LogP contribution in [0.2, 0.25) is 0 Å². The number of ether oxygens (including phenoxy) is 1. The second-order valence-corrected chi connectivity index (χ2v) is 8.52. The predicted octanol–water partition coefficient (Wildman–Crippen LogP) is 4.04. The first kappa shape index (κ1) is 23.5. The van der Waals surface area contributed by atoms with Crippen molar-refractivity contribution in [2.75, 3.05) is 38.3 Å². The largest absolute Gasteiger partial charge is 0.378 e. The fourth-order valence-electron chi connectivity index (χ4n) is 4.09. The van der Waals surface area contributed by atoms with E-state index < -0.39 is 6.04 Å². The van der Waals surface area contributed by atoms with E-state index >= 15 is 0 Å². The Morgan fingerprint density at radius 2 is 1.53 bits per heavy atom. The van der Waals surface area contributed by atoms with Gasteiger partial charge in [0.05, 0.1) is 25.7 Å². The lowest BCUT2D eigenvalue weighted by molar-refractivity contribution is -0.130. The fourth-order valence-corrected chi connectivity index (χ4v) is 4.09. The van der Waals surface area contributed by atoms with E-state index in [9.17, 15) is 9.59 Å². The lowest BCUT2D eigenvalue weighted by atomic mass is 10.0. The molecule has 3 aromatic carbocycles. The number of hydrogen-bond acceptors (Lipinski definition) is 4. The molecule has 1 heterocycles. The van der Waals surface area contributed by atoms with E-state index in [4.69, 9.17) is 4.74 Å². The number of benzene rings is 3. The van der Waals surface area contributed by atoms with Gasteiger partial charge in [0, 0.05) is 37.9 Å². The molecule has 1 saturated heterocycles. The molecule has 0 aromatic heterocycles. The Morgan fingerprint density at radius 1 is 0.912 bits per heavy atom. The predicted molar refractivity (Wildman–Crippen MR) is 134 cm³/mol. The van der Waals surface area contributed by atoms with Crippen LogP contribution in [0.5, 0.6) is 0 Å². The fraction of sp³-hybridized carbons (Fsp3) is 0.286. The zero-order chi connectivity index (χ0) is 23.8. The van der Waals surface area contributed by atoms with Crippen LogP contribution in [0.25, 0.3) is 0 Å². The lowest BCUT2D eigenvalue weighted by Gasteiger charge is -2.29. The molecule has 0 aliphatic carbocycles. The van der Waals surface area contributed by atoms with E-state index in [0.29, 0.717) is 12.1 Å². The molecule has 1 N–H and O–H groups in total. The topological polar surface area (TPSA) is 61.9 Å². The molecule has 1 atom stereocenters. The van der Waals surface area contributed by atoms with Gasteiger partial charge in [-0.15, -0.1) is 0 Å². The SMILES string of the molecule is CN(Cc1ccc(N2CCOCC2)cc1)C(=O)CC(NC(=O)c1ccccc1)c1ccccc1. The summed E-state index contributed by atoms with van der Waals surface area (Å²) in [4.78, 5) is 29.9. The zero-order valence-corrected chi connectivity index (χ0v) is 19.5. The highest BCUT2D eigenvalue weighted by Gasteiger charge is 2.21. The standard InChI is InChI=1S/C28H31N3O3/c1-30(21-22-12-14-25(15-13-22)31-16-18-34-19-17-31)27(32)20-26(23-8-4-2-5-9-23)29-28(33)24-10-6-3-7-11-24/h2-15,26H,16-21H2,1H3,(H,29,33). The van der Waals surface area contributed by atoms with Crippen LogP contribution >= 0.6 is 0 Å². The van der Waals surface area contributed by atoms with Crippen molar-refractivity contribution < 1.29 is 14.3 Å². The molecular weight excluding hydrogens is 426 g/mol. The Morgan fingerprint density at radius 3 is 2.18 bits per heavy atom. The first-order chi connectivity index (χ1) is 16.6.